The summed E-state index contributed by atoms with van der Waals surface area (Å²) in [5.74, 6) is 0.0904. The Kier molecular flexibility index (Phi) is 16.4. The molecule has 19 nitrogen and oxygen atoms in total. The summed E-state index contributed by atoms with van der Waals surface area (Å²) in [6.45, 7) is -0.906. The van der Waals surface area contributed by atoms with Crippen LogP contribution in [0.2, 0.25) is 0 Å². The number of rotatable bonds is 9. The minimum Gasteiger partial charge on any atom is -0.790 e. The van der Waals surface area contributed by atoms with Crippen molar-refractivity contribution in [3.05, 3.63) is 23.1 Å². The topological polar surface area (TPSA) is 299 Å². The van der Waals surface area contributed by atoms with Crippen molar-refractivity contribution in [1.82, 2.24) is 19.5 Å². The maximum absolute atomic E-state index is 11.7. The molecule has 0 aromatic carbocycles. The third kappa shape index (κ3) is 10.5. The first-order valence-corrected chi connectivity index (χ1v) is 12.5. The largest absolute Gasteiger partial charge is 1.00 e. The molecule has 0 spiro atoms. The number of hydrogen-bond donors (Lipinski definition) is 1. The molecule has 0 saturated carbocycles. The van der Waals surface area contributed by atoms with E-state index in [1.54, 1.807) is 0 Å². The van der Waals surface area contributed by atoms with Crippen molar-refractivity contribution in [1.29, 1.82) is 0 Å². The van der Waals surface area contributed by atoms with Gasteiger partial charge in [0.2, 0.25) is 0 Å². The fourth-order valence-corrected chi connectivity index (χ4v) is 5.62. The van der Waals surface area contributed by atoms with Gasteiger partial charge in [0.25, 0.3) is 15.6 Å². The molecule has 2 aromatic heterocycles. The third-order valence-corrected chi connectivity index (χ3v) is 7.56. The van der Waals surface area contributed by atoms with Crippen molar-refractivity contribution in [2.24, 2.45) is 5.11 Å². The van der Waals surface area contributed by atoms with Gasteiger partial charge in [0.1, 0.15) is 18.1 Å². The van der Waals surface area contributed by atoms with E-state index in [9.17, 15) is 33.3 Å². The van der Waals surface area contributed by atoms with Crippen LogP contribution in [-0.2, 0) is 31.6 Å². The number of phosphoric acid groups is 3. The number of azide groups is 1. The Morgan fingerprint density at radius 3 is 2.33 bits per heavy atom. The molecule has 176 valence electrons. The number of phosphoric ester groups is 1. The van der Waals surface area contributed by atoms with Crippen LogP contribution in [-0.4, -0.2) is 38.3 Å². The van der Waals surface area contributed by atoms with Crippen LogP contribution in [0.15, 0.2) is 17.8 Å². The second-order valence-electron chi connectivity index (χ2n) is 6.02. The number of nitrogen functional groups attached to an aromatic ring is 1. The molecule has 0 aliphatic carbocycles. The first kappa shape index (κ1) is 38.6. The Labute approximate surface area is 250 Å². The van der Waals surface area contributed by atoms with Crippen LogP contribution in [0.4, 0.5) is 5.82 Å². The molecule has 36 heavy (non-hydrogen) atoms. The molecule has 1 fully saturated rings. The van der Waals surface area contributed by atoms with Crippen LogP contribution in [0.3, 0.4) is 0 Å². The maximum atomic E-state index is 11.7. The molecule has 1 saturated heterocycles. The van der Waals surface area contributed by atoms with Crippen molar-refractivity contribution in [2.75, 3.05) is 12.3 Å². The first-order chi connectivity index (χ1) is 14.8. The molecule has 2 aromatic rings. The Bertz CT molecular complexity index is 1210. The number of fused-ring (bicyclic) bond motifs is 1. The fraction of sp³-hybridized carbons (Fsp3) is 0.500. The SMILES string of the molecule is [Li+].[Li+].[Li+].[Li+].[N-]=[N+]=NC1CC(n2cnc3c(N)ncnc32)OC1COP(=O)([O-])OP(=O)([O-])OP(=O)([O-])[O-]. The Balaban J connectivity index is 0. The maximum Gasteiger partial charge on any atom is 1.00 e. The number of anilines is 1. The zero-order valence-electron chi connectivity index (χ0n) is 19.3. The van der Waals surface area contributed by atoms with Gasteiger partial charge >= 0.3 is 75.4 Å². The van der Waals surface area contributed by atoms with Gasteiger partial charge in [-0.2, -0.15) is 0 Å². The molecular formula is C10H11Li4N8O11P3. The normalized spacial score (nSPS) is 22.4. The summed E-state index contributed by atoms with van der Waals surface area (Å²) in [7, 11) is -18.0. The number of nitrogens with two attached hydrogens (primary N) is 1. The van der Waals surface area contributed by atoms with E-state index in [0.717, 1.165) is 0 Å². The van der Waals surface area contributed by atoms with Crippen LogP contribution in [0, 0.1) is 0 Å². The summed E-state index contributed by atoms with van der Waals surface area (Å²) >= 11 is 0. The number of hydrogen-bond acceptors (Lipinski definition) is 16. The number of imidazole rings is 1. The van der Waals surface area contributed by atoms with E-state index in [1.165, 1.54) is 17.2 Å². The summed E-state index contributed by atoms with van der Waals surface area (Å²) in [5.41, 5.74) is 15.0. The van der Waals surface area contributed by atoms with Crippen molar-refractivity contribution < 1.29 is 127 Å². The predicted octanol–water partition coefficient (Wildman–Crippen LogP) is -13.8. The van der Waals surface area contributed by atoms with Gasteiger partial charge in [-0.1, -0.05) is 5.11 Å². The molecule has 2 N–H and O–H groups in total. The van der Waals surface area contributed by atoms with E-state index in [1.807, 2.05) is 0 Å². The molecule has 0 bridgehead atoms. The number of nitrogens with zero attached hydrogens (tertiary/aromatic N) is 7. The molecule has 5 unspecified atom stereocenters. The molecule has 26 heteroatoms. The van der Waals surface area contributed by atoms with Gasteiger partial charge in [0, 0.05) is 11.3 Å². The monoisotopic (exact) mass is 540 g/mol. The molecule has 3 rings (SSSR count). The van der Waals surface area contributed by atoms with E-state index in [-0.39, 0.29) is 98.8 Å². The van der Waals surface area contributed by atoms with Crippen LogP contribution in [0.5, 0.6) is 0 Å². The second kappa shape index (κ2) is 15.3. The average molecular weight is 540 g/mol. The van der Waals surface area contributed by atoms with Gasteiger partial charge < -0.3 is 39.1 Å². The van der Waals surface area contributed by atoms with E-state index < -0.39 is 48.4 Å². The summed E-state index contributed by atoms with van der Waals surface area (Å²) in [6.07, 6.45) is 0.401. The Morgan fingerprint density at radius 2 is 1.75 bits per heavy atom. The minimum absolute atomic E-state index is 0. The van der Waals surface area contributed by atoms with E-state index in [2.05, 4.69) is 38.1 Å². The summed E-state index contributed by atoms with van der Waals surface area (Å²) in [6, 6.07) is -0.986. The molecule has 1 aliphatic heterocycles. The van der Waals surface area contributed by atoms with E-state index in [4.69, 9.17) is 16.0 Å². The van der Waals surface area contributed by atoms with Crippen LogP contribution >= 0.6 is 23.5 Å². The van der Waals surface area contributed by atoms with Crippen LogP contribution < -0.4 is 101 Å². The van der Waals surface area contributed by atoms with E-state index in [0.29, 0.717) is 0 Å². The smallest absolute Gasteiger partial charge is 0.790 e. The molecule has 5 atom stereocenters. The van der Waals surface area contributed by atoms with E-state index >= 15 is 0 Å². The first-order valence-electron chi connectivity index (χ1n) is 8.14. The van der Waals surface area contributed by atoms with Crippen molar-refractivity contribution >= 4 is 40.4 Å². The zero-order valence-corrected chi connectivity index (χ0v) is 22.0. The molecule has 3 heterocycles. The number of ether oxygens (including phenoxy) is 1. The standard InChI is InChI=1S/C10H15N8O11P3.4Li/c11-9-8-10(14-3-13-9)18(4-15-8)7-1-5(16-17-12)6(27-7)2-26-31(22,23)29-32(24,25)28-30(19,20)21;;;;/h3-7H,1-2H2,(H,22,23)(H,24,25)(H2,11,13,14)(H2,19,20,21);;;;/q;4*+1/p-4. The van der Waals surface area contributed by atoms with Crippen molar-refractivity contribution in [3.8, 4) is 0 Å². The van der Waals surface area contributed by atoms with Gasteiger partial charge in [-0.05, 0) is 5.53 Å². The summed E-state index contributed by atoms with van der Waals surface area (Å²) in [4.78, 5) is 58.1. The zero-order chi connectivity index (χ0) is 23.7. The number of aromatic nitrogens is 4. The van der Waals surface area contributed by atoms with Crippen LogP contribution in [0.25, 0.3) is 21.6 Å². The Hall–Kier alpha value is 0.420. The van der Waals surface area contributed by atoms with Crippen molar-refractivity contribution in [3.63, 3.8) is 0 Å². The summed E-state index contributed by atoms with van der Waals surface area (Å²) in [5, 5.41) is 3.48. The summed E-state index contributed by atoms with van der Waals surface area (Å²) < 4.78 is 51.2. The van der Waals surface area contributed by atoms with Gasteiger partial charge in [-0.25, -0.2) is 19.3 Å². The predicted molar refractivity (Wildman–Crippen MR) is 92.1 cm³/mol. The average Bonchev–Trinajstić information content (AvgIpc) is 3.22. The molecule has 1 aliphatic rings. The third-order valence-electron chi connectivity index (χ3n) is 3.90. The van der Waals surface area contributed by atoms with Gasteiger partial charge in [0.05, 0.1) is 32.9 Å². The van der Waals surface area contributed by atoms with Gasteiger partial charge in [-0.3, -0.25) is 18.0 Å². The van der Waals surface area contributed by atoms with Crippen LogP contribution in [0.1, 0.15) is 12.6 Å². The van der Waals surface area contributed by atoms with Gasteiger partial charge in [-0.15, -0.1) is 0 Å². The minimum atomic E-state index is -6.12. The molecule has 0 radical (unpaired) electrons. The second-order valence-corrected chi connectivity index (χ2v) is 10.3. The molecular weight excluding hydrogens is 529 g/mol. The van der Waals surface area contributed by atoms with Gasteiger partial charge in [0.15, 0.2) is 11.5 Å². The Morgan fingerprint density at radius 1 is 1.11 bits per heavy atom. The van der Waals surface area contributed by atoms with Crippen molar-refractivity contribution in [2.45, 2.75) is 24.8 Å². The molecule has 0 amide bonds. The quantitative estimate of drug-likeness (QED) is 0.102. The fourth-order valence-electron chi connectivity index (χ4n) is 2.75.